The lowest BCUT2D eigenvalue weighted by atomic mass is 9.84. The highest BCUT2D eigenvalue weighted by molar-refractivity contribution is 5.89. The molecule has 100 valence electrons. The Morgan fingerprint density at radius 3 is 2.18 bits per heavy atom. The van der Waals surface area contributed by atoms with Gasteiger partial charge in [-0.05, 0) is 13.0 Å². The van der Waals surface area contributed by atoms with Crippen LogP contribution in [0, 0.1) is 11.3 Å². The molecule has 0 aromatic heterocycles. The molecule has 0 aromatic rings. The summed E-state index contributed by atoms with van der Waals surface area (Å²) in [5.74, 6) is -1.45. The molecule has 1 heterocycles. The van der Waals surface area contributed by atoms with E-state index in [0.717, 1.165) is 0 Å². The minimum Gasteiger partial charge on any atom is -0.297 e. The lowest BCUT2D eigenvalue weighted by molar-refractivity contribution is -0.170. The summed E-state index contributed by atoms with van der Waals surface area (Å²) in [6.45, 7) is 7.49. The number of hydrogen-bond acceptors (Lipinski definition) is 2. The second-order valence-electron chi connectivity index (χ2n) is 5.69. The second-order valence-corrected chi connectivity index (χ2v) is 5.69. The van der Waals surface area contributed by atoms with Gasteiger partial charge in [0.05, 0.1) is 12.0 Å². The maximum atomic E-state index is 12.7. The maximum Gasteiger partial charge on any atom is 0.393 e. The Kier molecular flexibility index (Phi) is 3.91. The van der Waals surface area contributed by atoms with Crippen molar-refractivity contribution in [1.29, 1.82) is 0 Å². The molecule has 1 fully saturated rings. The molecule has 0 aromatic carbocycles. The molecule has 1 saturated heterocycles. The molecule has 5 heteroatoms. The molecule has 0 bridgehead atoms. The number of carbonyl (C=O) groups excluding carboxylic acids is 1. The van der Waals surface area contributed by atoms with Crippen molar-refractivity contribution in [3.8, 4) is 0 Å². The molecule has 0 saturated carbocycles. The van der Waals surface area contributed by atoms with Gasteiger partial charge >= 0.3 is 6.18 Å². The van der Waals surface area contributed by atoms with Crippen LogP contribution in [0.4, 0.5) is 13.2 Å². The highest BCUT2D eigenvalue weighted by Gasteiger charge is 2.50. The number of likely N-dealkylation sites (N-methyl/N-ethyl adjacent to an activating group) is 1. The van der Waals surface area contributed by atoms with Crippen molar-refractivity contribution in [2.45, 2.75) is 46.3 Å². The Balaban J connectivity index is 2.84. The van der Waals surface area contributed by atoms with Crippen molar-refractivity contribution < 1.29 is 18.0 Å². The number of nitrogens with zero attached hydrogens (tertiary/aromatic N) is 1. The quantitative estimate of drug-likeness (QED) is 0.752. The molecule has 0 aliphatic carbocycles. The SMILES string of the molecule is CCN1CC(C(F)(F)F)C[C@H]1C(=O)C(C)(C)C. The number of likely N-dealkylation sites (tertiary alicyclic amines) is 1. The first-order chi connectivity index (χ1) is 7.57. The molecule has 1 unspecified atom stereocenters. The third-order valence-electron chi connectivity index (χ3n) is 3.31. The second kappa shape index (κ2) is 4.59. The number of halogens is 3. The largest absolute Gasteiger partial charge is 0.393 e. The first-order valence-corrected chi connectivity index (χ1v) is 5.92. The number of carbonyl (C=O) groups is 1. The first kappa shape index (κ1) is 14.5. The lowest BCUT2D eigenvalue weighted by Crippen LogP contribution is -2.41. The summed E-state index contributed by atoms with van der Waals surface area (Å²) in [4.78, 5) is 13.7. The fourth-order valence-corrected chi connectivity index (χ4v) is 2.26. The van der Waals surface area contributed by atoms with Crippen molar-refractivity contribution >= 4 is 5.78 Å². The van der Waals surface area contributed by atoms with Crippen LogP contribution in [-0.2, 0) is 4.79 Å². The molecule has 0 spiro atoms. The van der Waals surface area contributed by atoms with Gasteiger partial charge in [0, 0.05) is 12.0 Å². The van der Waals surface area contributed by atoms with E-state index in [1.807, 2.05) is 0 Å². The van der Waals surface area contributed by atoms with E-state index in [4.69, 9.17) is 0 Å². The van der Waals surface area contributed by atoms with Gasteiger partial charge in [0.25, 0.3) is 0 Å². The number of hydrogen-bond donors (Lipinski definition) is 0. The molecule has 1 rings (SSSR count). The normalized spacial score (nSPS) is 27.5. The summed E-state index contributed by atoms with van der Waals surface area (Å²) in [7, 11) is 0. The lowest BCUT2D eigenvalue weighted by Gasteiger charge is -2.27. The summed E-state index contributed by atoms with van der Waals surface area (Å²) in [6.07, 6.45) is -4.28. The van der Waals surface area contributed by atoms with E-state index in [-0.39, 0.29) is 18.7 Å². The first-order valence-electron chi connectivity index (χ1n) is 5.92. The van der Waals surface area contributed by atoms with Gasteiger partial charge in [-0.15, -0.1) is 0 Å². The van der Waals surface area contributed by atoms with E-state index in [0.29, 0.717) is 6.54 Å². The van der Waals surface area contributed by atoms with Crippen LogP contribution in [-0.4, -0.2) is 36.0 Å². The molecular weight excluding hydrogens is 231 g/mol. The van der Waals surface area contributed by atoms with Crippen molar-refractivity contribution in [2.24, 2.45) is 11.3 Å². The molecule has 1 aliphatic rings. The third-order valence-corrected chi connectivity index (χ3v) is 3.31. The Morgan fingerprint density at radius 2 is 1.82 bits per heavy atom. The monoisotopic (exact) mass is 251 g/mol. The fourth-order valence-electron chi connectivity index (χ4n) is 2.26. The Morgan fingerprint density at radius 1 is 1.29 bits per heavy atom. The van der Waals surface area contributed by atoms with Crippen LogP contribution < -0.4 is 0 Å². The van der Waals surface area contributed by atoms with Gasteiger partial charge in [0.15, 0.2) is 5.78 Å². The van der Waals surface area contributed by atoms with Crippen LogP contribution in [0.15, 0.2) is 0 Å². The van der Waals surface area contributed by atoms with E-state index in [9.17, 15) is 18.0 Å². The molecule has 0 N–H and O–H groups in total. The number of alkyl halides is 3. The summed E-state index contributed by atoms with van der Waals surface area (Å²) in [5, 5.41) is 0. The molecule has 0 amide bonds. The molecule has 0 radical (unpaired) electrons. The van der Waals surface area contributed by atoms with Crippen LogP contribution in [0.2, 0.25) is 0 Å². The Hall–Kier alpha value is -0.580. The minimum absolute atomic E-state index is 0.0491. The van der Waals surface area contributed by atoms with E-state index >= 15 is 0 Å². The van der Waals surface area contributed by atoms with Crippen molar-refractivity contribution in [3.63, 3.8) is 0 Å². The zero-order chi connectivity index (χ0) is 13.4. The van der Waals surface area contributed by atoms with Crippen LogP contribution in [0.3, 0.4) is 0 Å². The summed E-state index contributed by atoms with van der Waals surface area (Å²) in [5.41, 5.74) is -0.585. The van der Waals surface area contributed by atoms with Crippen molar-refractivity contribution in [3.05, 3.63) is 0 Å². The van der Waals surface area contributed by atoms with Gasteiger partial charge in [-0.3, -0.25) is 9.69 Å². The third kappa shape index (κ3) is 3.21. The van der Waals surface area contributed by atoms with Crippen LogP contribution in [0.1, 0.15) is 34.1 Å². The highest BCUT2D eigenvalue weighted by atomic mass is 19.4. The van der Waals surface area contributed by atoms with Gasteiger partial charge in [-0.2, -0.15) is 13.2 Å². The zero-order valence-electron chi connectivity index (χ0n) is 10.8. The van der Waals surface area contributed by atoms with Crippen molar-refractivity contribution in [1.82, 2.24) is 4.90 Å². The number of ketones is 1. The number of Topliss-reactive ketones (excluding diaryl/α,β-unsaturated/α-hetero) is 1. The zero-order valence-corrected chi connectivity index (χ0v) is 10.8. The van der Waals surface area contributed by atoms with Gasteiger partial charge in [0.2, 0.25) is 0 Å². The van der Waals surface area contributed by atoms with E-state index in [2.05, 4.69) is 0 Å². The van der Waals surface area contributed by atoms with Gasteiger partial charge < -0.3 is 0 Å². The summed E-state index contributed by atoms with van der Waals surface area (Å²) >= 11 is 0. The predicted octanol–water partition coefficient (Wildman–Crippen LogP) is 2.87. The van der Waals surface area contributed by atoms with Crippen molar-refractivity contribution in [2.75, 3.05) is 13.1 Å². The Bertz CT molecular complexity index is 293. The fraction of sp³-hybridized carbons (Fsp3) is 0.917. The smallest absolute Gasteiger partial charge is 0.297 e. The molecule has 2 atom stereocenters. The van der Waals surface area contributed by atoms with Gasteiger partial charge in [-0.1, -0.05) is 27.7 Å². The highest BCUT2D eigenvalue weighted by Crippen LogP contribution is 2.38. The molecule has 17 heavy (non-hydrogen) atoms. The summed E-state index contributed by atoms with van der Waals surface area (Å²) < 4.78 is 38.0. The average Bonchev–Trinajstić information content (AvgIpc) is 2.57. The minimum atomic E-state index is -4.19. The standard InChI is InChI=1S/C12H20F3NO/c1-5-16-7-8(12(13,14)15)6-9(16)10(17)11(2,3)4/h8-9H,5-7H2,1-4H3/t8?,9-/m0/s1. The maximum absolute atomic E-state index is 12.7. The molecular formula is C12H20F3NO. The number of rotatable bonds is 2. The van der Waals surface area contributed by atoms with E-state index in [1.165, 1.54) is 0 Å². The van der Waals surface area contributed by atoms with E-state index < -0.39 is 23.6 Å². The van der Waals surface area contributed by atoms with Crippen LogP contribution in [0.25, 0.3) is 0 Å². The predicted molar refractivity (Wildman–Crippen MR) is 59.7 cm³/mol. The van der Waals surface area contributed by atoms with Gasteiger partial charge in [0.1, 0.15) is 0 Å². The molecule has 1 aliphatic heterocycles. The van der Waals surface area contributed by atoms with Gasteiger partial charge in [-0.25, -0.2) is 0 Å². The van der Waals surface area contributed by atoms with Crippen LogP contribution in [0.5, 0.6) is 0 Å². The molecule has 2 nitrogen and oxygen atoms in total. The summed E-state index contributed by atoms with van der Waals surface area (Å²) in [6, 6.07) is -0.577. The van der Waals surface area contributed by atoms with Crippen LogP contribution >= 0.6 is 0 Å². The van der Waals surface area contributed by atoms with E-state index in [1.54, 1.807) is 32.6 Å². The Labute approximate surface area is 100 Å². The average molecular weight is 251 g/mol. The topological polar surface area (TPSA) is 20.3 Å².